The molecule has 3 N–H and O–H groups in total. The molecule has 0 aliphatic rings. The van der Waals surface area contributed by atoms with Gasteiger partial charge in [0.2, 0.25) is 10.0 Å². The van der Waals surface area contributed by atoms with Crippen LogP contribution in [-0.4, -0.2) is 40.5 Å². The summed E-state index contributed by atoms with van der Waals surface area (Å²) in [4.78, 5) is 2.04. The molecule has 0 saturated heterocycles. The molecule has 6 heteroatoms. The average molecular weight is 257 g/mol. The summed E-state index contributed by atoms with van der Waals surface area (Å²) in [6.45, 7) is 2.87. The van der Waals surface area contributed by atoms with Crippen LogP contribution in [0.25, 0.3) is 0 Å². The van der Waals surface area contributed by atoms with E-state index in [0.717, 1.165) is 5.56 Å². The van der Waals surface area contributed by atoms with Gasteiger partial charge in [0.15, 0.2) is 0 Å². The Bertz CT molecular complexity index is 483. The topological polar surface area (TPSA) is 75.4 Å². The lowest BCUT2D eigenvalue weighted by Crippen LogP contribution is -2.31. The average Bonchev–Trinajstić information content (AvgIpc) is 2.15. The van der Waals surface area contributed by atoms with Gasteiger partial charge in [-0.1, -0.05) is 6.07 Å². The number of likely N-dealkylation sites (N-methyl/N-ethyl adjacent to an activating group) is 1. The molecule has 0 aromatic heterocycles. The van der Waals surface area contributed by atoms with E-state index in [9.17, 15) is 8.42 Å². The fourth-order valence-corrected chi connectivity index (χ4v) is 2.53. The molecule has 0 aliphatic carbocycles. The van der Waals surface area contributed by atoms with Gasteiger partial charge in [-0.3, -0.25) is 0 Å². The number of rotatable bonds is 5. The van der Waals surface area contributed by atoms with E-state index in [-0.39, 0.29) is 10.6 Å². The van der Waals surface area contributed by atoms with Gasteiger partial charge in [-0.2, -0.15) is 0 Å². The molecule has 17 heavy (non-hydrogen) atoms. The Morgan fingerprint density at radius 3 is 2.53 bits per heavy atom. The number of anilines is 1. The lowest BCUT2D eigenvalue weighted by molar-refractivity contribution is 0.412. The summed E-state index contributed by atoms with van der Waals surface area (Å²) in [7, 11) is 0.262. The van der Waals surface area contributed by atoms with Crippen LogP contribution < -0.4 is 10.5 Å². The molecule has 1 aromatic carbocycles. The number of nitrogens with one attached hydrogen (secondary N) is 1. The molecule has 0 unspecified atom stereocenters. The van der Waals surface area contributed by atoms with E-state index < -0.39 is 10.0 Å². The summed E-state index contributed by atoms with van der Waals surface area (Å²) >= 11 is 0. The molecule has 0 heterocycles. The fourth-order valence-electron chi connectivity index (χ4n) is 1.39. The minimum atomic E-state index is -3.51. The van der Waals surface area contributed by atoms with Gasteiger partial charge in [-0.15, -0.1) is 0 Å². The van der Waals surface area contributed by atoms with Crippen molar-refractivity contribution in [2.24, 2.45) is 0 Å². The lowest BCUT2D eigenvalue weighted by Gasteiger charge is -2.12. The zero-order chi connectivity index (χ0) is 13.1. The Morgan fingerprint density at radius 2 is 2.00 bits per heavy atom. The van der Waals surface area contributed by atoms with Crippen LogP contribution in [-0.2, 0) is 10.0 Å². The third kappa shape index (κ3) is 3.99. The quantitative estimate of drug-likeness (QED) is 0.750. The van der Waals surface area contributed by atoms with Crippen LogP contribution in [0.15, 0.2) is 23.1 Å². The van der Waals surface area contributed by atoms with Crippen LogP contribution in [0.2, 0.25) is 0 Å². The van der Waals surface area contributed by atoms with Crippen LogP contribution >= 0.6 is 0 Å². The first-order valence-electron chi connectivity index (χ1n) is 5.33. The van der Waals surface area contributed by atoms with Crippen molar-refractivity contribution in [3.05, 3.63) is 23.8 Å². The van der Waals surface area contributed by atoms with Gasteiger partial charge in [0.05, 0.1) is 5.69 Å². The molecule has 0 radical (unpaired) electrons. The van der Waals surface area contributed by atoms with E-state index in [1.807, 2.05) is 25.9 Å². The standard InChI is InChI=1S/C11H19N3O2S/c1-9-4-5-11(10(12)8-9)17(15,16)13-6-7-14(2)3/h4-5,8,13H,6-7,12H2,1-3H3. The number of aryl methyl sites for hydroxylation is 1. The lowest BCUT2D eigenvalue weighted by atomic mass is 10.2. The molecule has 0 spiro atoms. The third-order valence-electron chi connectivity index (χ3n) is 2.31. The second-order valence-corrected chi connectivity index (χ2v) is 5.98. The van der Waals surface area contributed by atoms with Crippen LogP contribution in [0.1, 0.15) is 5.56 Å². The molecule has 0 fully saturated rings. The number of hydrogen-bond acceptors (Lipinski definition) is 4. The number of sulfonamides is 1. The second kappa shape index (κ2) is 5.48. The minimum Gasteiger partial charge on any atom is -0.398 e. The highest BCUT2D eigenvalue weighted by molar-refractivity contribution is 7.89. The Balaban J connectivity index is 2.83. The van der Waals surface area contributed by atoms with E-state index in [2.05, 4.69) is 4.72 Å². The zero-order valence-electron chi connectivity index (χ0n) is 10.4. The fraction of sp³-hybridized carbons (Fsp3) is 0.455. The van der Waals surface area contributed by atoms with Gasteiger partial charge in [-0.25, -0.2) is 13.1 Å². The van der Waals surface area contributed by atoms with Gasteiger partial charge in [0.25, 0.3) is 0 Å². The molecule has 1 rings (SSSR count). The minimum absolute atomic E-state index is 0.141. The van der Waals surface area contributed by atoms with E-state index in [4.69, 9.17) is 5.73 Å². The predicted molar refractivity (Wildman–Crippen MR) is 69.3 cm³/mol. The number of nitrogen functional groups attached to an aromatic ring is 1. The summed E-state index contributed by atoms with van der Waals surface area (Å²) in [5, 5.41) is 0. The van der Waals surface area contributed by atoms with E-state index in [0.29, 0.717) is 13.1 Å². The number of nitrogens with two attached hydrogens (primary N) is 1. The summed E-state index contributed by atoms with van der Waals surface area (Å²) in [6, 6.07) is 4.92. The summed E-state index contributed by atoms with van der Waals surface area (Å²) < 4.78 is 26.4. The van der Waals surface area contributed by atoms with Crippen molar-refractivity contribution >= 4 is 15.7 Å². The molecule has 0 atom stereocenters. The second-order valence-electron chi connectivity index (χ2n) is 4.24. The van der Waals surface area contributed by atoms with Crippen molar-refractivity contribution in [3.8, 4) is 0 Å². The van der Waals surface area contributed by atoms with Gasteiger partial charge in [-0.05, 0) is 38.7 Å². The van der Waals surface area contributed by atoms with Crippen molar-refractivity contribution in [1.29, 1.82) is 0 Å². The van der Waals surface area contributed by atoms with Gasteiger partial charge in [0.1, 0.15) is 4.90 Å². The summed E-state index contributed by atoms with van der Waals surface area (Å²) in [6.07, 6.45) is 0. The number of nitrogens with zero attached hydrogens (tertiary/aromatic N) is 1. The van der Waals surface area contributed by atoms with E-state index in [1.165, 1.54) is 6.07 Å². The first-order valence-corrected chi connectivity index (χ1v) is 6.82. The maximum atomic E-state index is 11.9. The normalized spacial score (nSPS) is 12.0. The van der Waals surface area contributed by atoms with Crippen LogP contribution in [0.3, 0.4) is 0 Å². The van der Waals surface area contributed by atoms with E-state index >= 15 is 0 Å². The summed E-state index contributed by atoms with van der Waals surface area (Å²) in [5.41, 5.74) is 6.93. The monoisotopic (exact) mass is 257 g/mol. The largest absolute Gasteiger partial charge is 0.398 e. The van der Waals surface area contributed by atoms with Gasteiger partial charge < -0.3 is 10.6 Å². The zero-order valence-corrected chi connectivity index (χ0v) is 11.2. The Hall–Kier alpha value is -1.11. The number of benzene rings is 1. The molecular formula is C11H19N3O2S. The van der Waals surface area contributed by atoms with Crippen molar-refractivity contribution < 1.29 is 8.42 Å². The van der Waals surface area contributed by atoms with Crippen LogP contribution in [0.5, 0.6) is 0 Å². The SMILES string of the molecule is Cc1ccc(S(=O)(=O)NCCN(C)C)c(N)c1. The van der Waals surface area contributed by atoms with Crippen molar-refractivity contribution in [3.63, 3.8) is 0 Å². The van der Waals surface area contributed by atoms with E-state index in [1.54, 1.807) is 12.1 Å². The molecule has 0 aliphatic heterocycles. The Morgan fingerprint density at radius 1 is 1.35 bits per heavy atom. The Labute approximate surface area is 103 Å². The molecule has 0 saturated carbocycles. The van der Waals surface area contributed by atoms with Crippen molar-refractivity contribution in [2.45, 2.75) is 11.8 Å². The maximum Gasteiger partial charge on any atom is 0.242 e. The maximum absolute atomic E-state index is 11.9. The summed E-state index contributed by atoms with van der Waals surface area (Å²) in [5.74, 6) is 0. The molecular weight excluding hydrogens is 238 g/mol. The third-order valence-corrected chi connectivity index (χ3v) is 3.84. The van der Waals surface area contributed by atoms with Gasteiger partial charge in [0, 0.05) is 13.1 Å². The molecule has 96 valence electrons. The van der Waals surface area contributed by atoms with Crippen LogP contribution in [0, 0.1) is 6.92 Å². The van der Waals surface area contributed by atoms with Crippen LogP contribution in [0.4, 0.5) is 5.69 Å². The highest BCUT2D eigenvalue weighted by Crippen LogP contribution is 2.18. The molecule has 0 amide bonds. The highest BCUT2D eigenvalue weighted by Gasteiger charge is 2.16. The first kappa shape index (κ1) is 14.0. The van der Waals surface area contributed by atoms with Crippen molar-refractivity contribution in [2.75, 3.05) is 32.9 Å². The number of hydrogen-bond donors (Lipinski definition) is 2. The smallest absolute Gasteiger partial charge is 0.242 e. The highest BCUT2D eigenvalue weighted by atomic mass is 32.2. The molecule has 0 bridgehead atoms. The molecule has 5 nitrogen and oxygen atoms in total. The first-order chi connectivity index (χ1) is 7.83. The molecule has 1 aromatic rings. The van der Waals surface area contributed by atoms with Crippen molar-refractivity contribution in [1.82, 2.24) is 9.62 Å². The predicted octanol–water partition coefficient (Wildman–Crippen LogP) is 0.417. The van der Waals surface area contributed by atoms with Gasteiger partial charge >= 0.3 is 0 Å². The Kier molecular flexibility index (Phi) is 4.50.